The normalized spacial score (nSPS) is 22.8. The Hall–Kier alpha value is -2.78. The molecule has 1 fully saturated rings. The van der Waals surface area contributed by atoms with Crippen LogP contribution in [0.1, 0.15) is 41.3 Å². The second kappa shape index (κ2) is 8.05. The van der Waals surface area contributed by atoms with Gasteiger partial charge in [-0.15, -0.1) is 0 Å². The Kier molecular flexibility index (Phi) is 5.23. The minimum absolute atomic E-state index is 0.0724. The molecule has 1 saturated heterocycles. The minimum atomic E-state index is -0.498. The molecule has 3 aromatic heterocycles. The van der Waals surface area contributed by atoms with Crippen molar-refractivity contribution in [2.75, 3.05) is 13.1 Å². The number of piperidine rings is 1. The van der Waals surface area contributed by atoms with E-state index in [9.17, 15) is 9.59 Å². The number of carbonyl (C=O) groups is 1. The molecule has 0 aromatic carbocycles. The molecule has 2 aliphatic heterocycles. The Bertz CT molecular complexity index is 1150. The van der Waals surface area contributed by atoms with Gasteiger partial charge < -0.3 is 5.32 Å². The molecule has 0 saturated carbocycles. The van der Waals surface area contributed by atoms with E-state index in [-0.39, 0.29) is 23.3 Å². The maximum Gasteiger partial charge on any atom is 0.251 e. The van der Waals surface area contributed by atoms with Crippen molar-refractivity contribution in [3.8, 4) is 0 Å². The smallest absolute Gasteiger partial charge is 0.251 e. The number of pyridine rings is 1. The number of amides is 1. The van der Waals surface area contributed by atoms with Crippen molar-refractivity contribution in [3.63, 3.8) is 0 Å². The van der Waals surface area contributed by atoms with Gasteiger partial charge in [-0.1, -0.05) is 6.07 Å². The van der Waals surface area contributed by atoms with Gasteiger partial charge in [-0.3, -0.25) is 23.7 Å². The van der Waals surface area contributed by atoms with Crippen molar-refractivity contribution in [3.05, 3.63) is 68.3 Å². The molecule has 1 N–H and O–H groups in total. The van der Waals surface area contributed by atoms with Gasteiger partial charge >= 0.3 is 0 Å². The fraction of sp³-hybridized carbons (Fsp3) is 0.455. The lowest BCUT2D eigenvalue weighted by Gasteiger charge is -2.46. The SMILES string of the molecule is Cc1nc(CN2C[C@@H]3C[C@H](C2)[C@H](C(=O)NCc2ccsc2)n2c3cccc2=O)n(C)n1. The molecule has 162 valence electrons. The molecule has 3 atom stereocenters. The second-order valence-electron chi connectivity index (χ2n) is 8.54. The first kappa shape index (κ1) is 20.1. The highest BCUT2D eigenvalue weighted by atomic mass is 32.1. The molecule has 3 aromatic rings. The van der Waals surface area contributed by atoms with Crippen molar-refractivity contribution in [1.29, 1.82) is 0 Å². The average Bonchev–Trinajstić information content (AvgIpc) is 3.36. The number of hydrogen-bond acceptors (Lipinski definition) is 6. The quantitative estimate of drug-likeness (QED) is 0.657. The van der Waals surface area contributed by atoms with E-state index in [0.717, 1.165) is 42.4 Å². The van der Waals surface area contributed by atoms with Crippen LogP contribution in [0, 0.1) is 12.8 Å². The van der Waals surface area contributed by atoms with Gasteiger partial charge in [-0.25, -0.2) is 4.98 Å². The molecule has 1 amide bonds. The summed E-state index contributed by atoms with van der Waals surface area (Å²) >= 11 is 1.61. The van der Waals surface area contributed by atoms with E-state index >= 15 is 0 Å². The highest BCUT2D eigenvalue weighted by Crippen LogP contribution is 2.41. The average molecular weight is 439 g/mol. The molecule has 9 heteroatoms. The second-order valence-corrected chi connectivity index (χ2v) is 9.32. The summed E-state index contributed by atoms with van der Waals surface area (Å²) in [5.41, 5.74) is 1.94. The van der Waals surface area contributed by atoms with Crippen LogP contribution >= 0.6 is 11.3 Å². The first-order valence-corrected chi connectivity index (χ1v) is 11.5. The topological polar surface area (TPSA) is 85.0 Å². The van der Waals surface area contributed by atoms with Crippen LogP contribution in [0.4, 0.5) is 0 Å². The van der Waals surface area contributed by atoms with Crippen LogP contribution in [0.15, 0.2) is 39.8 Å². The van der Waals surface area contributed by atoms with Crippen molar-refractivity contribution < 1.29 is 4.79 Å². The number of rotatable bonds is 5. The standard InChI is InChI=1S/C22H26N6O2S/c1-14-24-19(26(2)25-14)12-27-10-16-8-17(11-27)21(28-18(16)4-3-5-20(28)29)22(30)23-9-15-6-7-31-13-15/h3-7,13,16-17,21H,8-12H2,1-2H3,(H,23,30)/t16-,17+,21+/m0/s1. The molecule has 0 unspecified atom stereocenters. The van der Waals surface area contributed by atoms with Gasteiger partial charge in [-0.05, 0) is 41.8 Å². The van der Waals surface area contributed by atoms with E-state index in [2.05, 4.69) is 20.3 Å². The summed E-state index contributed by atoms with van der Waals surface area (Å²) in [4.78, 5) is 33.0. The fourth-order valence-electron chi connectivity index (χ4n) is 5.07. The van der Waals surface area contributed by atoms with E-state index in [1.54, 1.807) is 28.0 Å². The maximum absolute atomic E-state index is 13.3. The van der Waals surface area contributed by atoms with Crippen LogP contribution in [-0.4, -0.2) is 43.2 Å². The molecule has 8 nitrogen and oxygen atoms in total. The summed E-state index contributed by atoms with van der Waals surface area (Å²) in [5, 5.41) is 11.5. The largest absolute Gasteiger partial charge is 0.350 e. The van der Waals surface area contributed by atoms with Crippen LogP contribution in [-0.2, 0) is 24.9 Å². The predicted octanol–water partition coefficient (Wildman–Crippen LogP) is 1.82. The lowest BCUT2D eigenvalue weighted by Crippen LogP contribution is -2.53. The van der Waals surface area contributed by atoms with Gasteiger partial charge in [0.25, 0.3) is 5.56 Å². The summed E-state index contributed by atoms with van der Waals surface area (Å²) < 4.78 is 3.56. The van der Waals surface area contributed by atoms with Gasteiger partial charge in [-0.2, -0.15) is 16.4 Å². The Morgan fingerprint density at radius 3 is 2.90 bits per heavy atom. The molecule has 0 spiro atoms. The molecular formula is C22H26N6O2S. The van der Waals surface area contributed by atoms with Crippen molar-refractivity contribution in [1.82, 2.24) is 29.5 Å². The summed E-state index contributed by atoms with van der Waals surface area (Å²) in [6, 6.07) is 6.87. The van der Waals surface area contributed by atoms with Crippen molar-refractivity contribution in [2.45, 2.75) is 38.4 Å². The number of hydrogen-bond donors (Lipinski definition) is 1. The van der Waals surface area contributed by atoms with Crippen LogP contribution in [0.25, 0.3) is 0 Å². The Morgan fingerprint density at radius 1 is 1.29 bits per heavy atom. The number of fused-ring (bicyclic) bond motifs is 4. The predicted molar refractivity (Wildman–Crippen MR) is 118 cm³/mol. The molecule has 0 radical (unpaired) electrons. The zero-order valence-electron chi connectivity index (χ0n) is 17.7. The van der Waals surface area contributed by atoms with Crippen molar-refractivity contribution >= 4 is 17.2 Å². The highest BCUT2D eigenvalue weighted by Gasteiger charge is 2.43. The molecule has 2 bridgehead atoms. The summed E-state index contributed by atoms with van der Waals surface area (Å²) in [7, 11) is 1.91. The lowest BCUT2D eigenvalue weighted by atomic mass is 9.78. The van der Waals surface area contributed by atoms with E-state index in [0.29, 0.717) is 13.1 Å². The number of aryl methyl sites for hydroxylation is 2. The summed E-state index contributed by atoms with van der Waals surface area (Å²) in [6.45, 7) is 4.65. The van der Waals surface area contributed by atoms with Crippen molar-refractivity contribution in [2.24, 2.45) is 13.0 Å². The Labute approximate surface area is 184 Å². The summed E-state index contributed by atoms with van der Waals surface area (Å²) in [5.74, 6) is 1.89. The van der Waals surface area contributed by atoms with Crippen LogP contribution in [0.2, 0.25) is 0 Å². The molecule has 2 aliphatic rings. The number of likely N-dealkylation sites (tertiary alicyclic amines) is 1. The zero-order chi connectivity index (χ0) is 21.5. The third-order valence-electron chi connectivity index (χ3n) is 6.36. The van der Waals surface area contributed by atoms with Gasteiger partial charge in [0, 0.05) is 50.3 Å². The summed E-state index contributed by atoms with van der Waals surface area (Å²) in [6.07, 6.45) is 0.911. The van der Waals surface area contributed by atoms with Crippen LogP contribution in [0.5, 0.6) is 0 Å². The third-order valence-corrected chi connectivity index (χ3v) is 7.09. The number of nitrogens with one attached hydrogen (secondary N) is 1. The Balaban J connectivity index is 1.43. The monoisotopic (exact) mass is 438 g/mol. The van der Waals surface area contributed by atoms with Gasteiger partial charge in [0.05, 0.1) is 6.54 Å². The number of carbonyl (C=O) groups excluding carboxylic acids is 1. The molecule has 5 rings (SSSR count). The molecular weight excluding hydrogens is 412 g/mol. The highest BCUT2D eigenvalue weighted by molar-refractivity contribution is 7.07. The van der Waals surface area contributed by atoms with Gasteiger partial charge in [0.1, 0.15) is 17.7 Å². The fourth-order valence-corrected chi connectivity index (χ4v) is 5.74. The van der Waals surface area contributed by atoms with E-state index in [1.807, 2.05) is 41.5 Å². The molecule has 0 aliphatic carbocycles. The first-order valence-electron chi connectivity index (χ1n) is 10.6. The number of thiophene rings is 1. The molecule has 31 heavy (non-hydrogen) atoms. The van der Waals surface area contributed by atoms with E-state index in [1.165, 1.54) is 0 Å². The molecule has 5 heterocycles. The maximum atomic E-state index is 13.3. The zero-order valence-corrected chi connectivity index (χ0v) is 18.5. The van der Waals surface area contributed by atoms with Gasteiger partial charge in [0.15, 0.2) is 0 Å². The van der Waals surface area contributed by atoms with Crippen LogP contribution in [0.3, 0.4) is 0 Å². The Morgan fingerprint density at radius 2 is 2.16 bits per heavy atom. The van der Waals surface area contributed by atoms with Gasteiger partial charge in [0.2, 0.25) is 5.91 Å². The van der Waals surface area contributed by atoms with E-state index in [4.69, 9.17) is 0 Å². The third kappa shape index (κ3) is 3.83. The number of nitrogens with zero attached hydrogens (tertiary/aromatic N) is 5. The number of aromatic nitrogens is 4. The van der Waals surface area contributed by atoms with Crippen LogP contribution < -0.4 is 10.9 Å². The first-order chi connectivity index (χ1) is 15.0. The lowest BCUT2D eigenvalue weighted by molar-refractivity contribution is -0.128. The minimum Gasteiger partial charge on any atom is -0.350 e. The van der Waals surface area contributed by atoms with E-state index < -0.39 is 6.04 Å².